The number of carboxylic acid groups (broad SMARTS) is 1. The van der Waals surface area contributed by atoms with Crippen LogP contribution in [0.1, 0.15) is 12.0 Å². The molecule has 6 nitrogen and oxygen atoms in total. The minimum atomic E-state index is -1.08. The number of morpholine rings is 1. The van der Waals surface area contributed by atoms with Crippen molar-refractivity contribution >= 4 is 11.9 Å². The molecule has 1 atom stereocenters. The zero-order chi connectivity index (χ0) is 16.1. The number of methoxy groups -OCH3 is 1. The standard InChI is InChI=1S/C15H18FNO5/c1-21-13-4-2-10(8-11(13)16)3-5-14(18)17-6-7-22-9-12(17)15(19)20/h2,4,8,12H,3,5-7,9H2,1H3,(H,19,20). The molecule has 0 saturated carbocycles. The van der Waals surface area contributed by atoms with Gasteiger partial charge in [0.05, 0.1) is 20.3 Å². The van der Waals surface area contributed by atoms with Gasteiger partial charge in [0.2, 0.25) is 5.91 Å². The summed E-state index contributed by atoms with van der Waals surface area (Å²) in [5.74, 6) is -1.69. The molecule has 1 aromatic carbocycles. The Morgan fingerprint density at radius 1 is 1.50 bits per heavy atom. The molecule has 0 aliphatic carbocycles. The molecular weight excluding hydrogens is 293 g/mol. The summed E-state index contributed by atoms with van der Waals surface area (Å²) in [5, 5.41) is 9.10. The van der Waals surface area contributed by atoms with E-state index in [0.29, 0.717) is 18.6 Å². The fourth-order valence-corrected chi connectivity index (χ4v) is 2.37. The lowest BCUT2D eigenvalue weighted by Gasteiger charge is -2.32. The van der Waals surface area contributed by atoms with Crippen molar-refractivity contribution in [2.45, 2.75) is 18.9 Å². The lowest BCUT2D eigenvalue weighted by molar-refractivity contribution is -0.158. The van der Waals surface area contributed by atoms with Crippen LogP contribution in [0.25, 0.3) is 0 Å². The molecular formula is C15H18FNO5. The fraction of sp³-hybridized carbons (Fsp3) is 0.467. The highest BCUT2D eigenvalue weighted by Gasteiger charge is 2.32. The third kappa shape index (κ3) is 3.73. The molecule has 1 saturated heterocycles. The normalized spacial score (nSPS) is 18.1. The summed E-state index contributed by atoms with van der Waals surface area (Å²) in [6.45, 7) is 0.581. The van der Waals surface area contributed by atoms with Gasteiger partial charge in [0, 0.05) is 13.0 Å². The first-order chi connectivity index (χ1) is 10.5. The van der Waals surface area contributed by atoms with E-state index in [4.69, 9.17) is 14.6 Å². The highest BCUT2D eigenvalue weighted by molar-refractivity contribution is 5.84. The maximum atomic E-state index is 13.6. The molecule has 1 aliphatic heterocycles. The maximum Gasteiger partial charge on any atom is 0.328 e. The monoisotopic (exact) mass is 311 g/mol. The molecule has 1 N–H and O–H groups in total. The van der Waals surface area contributed by atoms with Crippen LogP contribution in [-0.2, 0) is 20.7 Å². The van der Waals surface area contributed by atoms with Crippen molar-refractivity contribution in [3.8, 4) is 5.75 Å². The zero-order valence-corrected chi connectivity index (χ0v) is 12.3. The van der Waals surface area contributed by atoms with Crippen LogP contribution in [0.2, 0.25) is 0 Å². The molecule has 0 radical (unpaired) electrons. The van der Waals surface area contributed by atoms with Gasteiger partial charge in [-0.3, -0.25) is 4.79 Å². The van der Waals surface area contributed by atoms with Gasteiger partial charge in [-0.1, -0.05) is 6.07 Å². The fourth-order valence-electron chi connectivity index (χ4n) is 2.37. The number of halogens is 1. The molecule has 1 heterocycles. The molecule has 0 spiro atoms. The van der Waals surface area contributed by atoms with Crippen molar-refractivity contribution in [2.24, 2.45) is 0 Å². The van der Waals surface area contributed by atoms with Crippen LogP contribution in [0, 0.1) is 5.82 Å². The van der Waals surface area contributed by atoms with Crippen LogP contribution in [0.5, 0.6) is 5.75 Å². The van der Waals surface area contributed by atoms with E-state index < -0.39 is 17.8 Å². The molecule has 0 aromatic heterocycles. The predicted molar refractivity (Wildman–Crippen MR) is 75.2 cm³/mol. The van der Waals surface area contributed by atoms with Gasteiger partial charge in [-0.2, -0.15) is 0 Å². The van der Waals surface area contributed by atoms with Crippen LogP contribution >= 0.6 is 0 Å². The number of amides is 1. The lowest BCUT2D eigenvalue weighted by Crippen LogP contribution is -2.52. The van der Waals surface area contributed by atoms with E-state index >= 15 is 0 Å². The SMILES string of the molecule is COc1ccc(CCC(=O)N2CCOCC2C(=O)O)cc1F. The highest BCUT2D eigenvalue weighted by Crippen LogP contribution is 2.19. The van der Waals surface area contributed by atoms with Crippen LogP contribution in [0.4, 0.5) is 4.39 Å². The second-order valence-corrected chi connectivity index (χ2v) is 4.98. The van der Waals surface area contributed by atoms with Gasteiger partial charge in [0.1, 0.15) is 0 Å². The topological polar surface area (TPSA) is 76.1 Å². The molecule has 22 heavy (non-hydrogen) atoms. The number of carbonyl (C=O) groups is 2. The number of ether oxygens (including phenoxy) is 2. The van der Waals surface area contributed by atoms with Crippen molar-refractivity contribution in [3.63, 3.8) is 0 Å². The zero-order valence-electron chi connectivity index (χ0n) is 12.3. The van der Waals surface area contributed by atoms with Gasteiger partial charge in [-0.05, 0) is 24.1 Å². The van der Waals surface area contributed by atoms with Crippen LogP contribution in [0.3, 0.4) is 0 Å². The Hall–Kier alpha value is -2.15. The van der Waals surface area contributed by atoms with Crippen molar-refractivity contribution in [2.75, 3.05) is 26.9 Å². The van der Waals surface area contributed by atoms with E-state index in [0.717, 1.165) is 0 Å². The highest BCUT2D eigenvalue weighted by atomic mass is 19.1. The summed E-state index contributed by atoms with van der Waals surface area (Å²) in [6, 6.07) is 3.56. The van der Waals surface area contributed by atoms with E-state index in [-0.39, 0.29) is 31.2 Å². The Labute approximate surface area is 127 Å². The van der Waals surface area contributed by atoms with Crippen LogP contribution in [0.15, 0.2) is 18.2 Å². The van der Waals surface area contributed by atoms with Crippen molar-refractivity contribution in [3.05, 3.63) is 29.6 Å². The number of benzene rings is 1. The first kappa shape index (κ1) is 16.2. The molecule has 1 aliphatic rings. The summed E-state index contributed by atoms with van der Waals surface area (Å²) in [6.07, 6.45) is 0.457. The van der Waals surface area contributed by atoms with Crippen molar-refractivity contribution in [1.82, 2.24) is 4.90 Å². The summed E-state index contributed by atoms with van der Waals surface area (Å²) < 4.78 is 23.5. The third-order valence-electron chi connectivity index (χ3n) is 3.58. The van der Waals surface area contributed by atoms with E-state index in [1.807, 2.05) is 0 Å². The van der Waals surface area contributed by atoms with Crippen LogP contribution < -0.4 is 4.74 Å². The number of aliphatic carboxylic acids is 1. The van der Waals surface area contributed by atoms with E-state index in [1.165, 1.54) is 24.1 Å². The Bertz CT molecular complexity index is 563. The van der Waals surface area contributed by atoms with E-state index in [9.17, 15) is 14.0 Å². The first-order valence-electron chi connectivity index (χ1n) is 6.95. The molecule has 1 aromatic rings. The number of carboxylic acids is 1. The number of rotatable bonds is 5. The Balaban J connectivity index is 1.96. The second-order valence-electron chi connectivity index (χ2n) is 4.98. The van der Waals surface area contributed by atoms with Crippen molar-refractivity contribution in [1.29, 1.82) is 0 Å². The second kappa shape index (κ2) is 7.22. The molecule has 1 amide bonds. The largest absolute Gasteiger partial charge is 0.494 e. The quantitative estimate of drug-likeness (QED) is 0.880. The maximum absolute atomic E-state index is 13.6. The smallest absolute Gasteiger partial charge is 0.328 e. The number of hydrogen-bond acceptors (Lipinski definition) is 4. The lowest BCUT2D eigenvalue weighted by atomic mass is 10.1. The van der Waals surface area contributed by atoms with Gasteiger partial charge in [-0.15, -0.1) is 0 Å². The molecule has 120 valence electrons. The summed E-state index contributed by atoms with van der Waals surface area (Å²) >= 11 is 0. The summed E-state index contributed by atoms with van der Waals surface area (Å²) in [5.41, 5.74) is 0.659. The van der Waals surface area contributed by atoms with Gasteiger partial charge < -0.3 is 19.5 Å². The van der Waals surface area contributed by atoms with E-state index in [2.05, 4.69) is 0 Å². The molecule has 2 rings (SSSR count). The van der Waals surface area contributed by atoms with Gasteiger partial charge in [-0.25, -0.2) is 9.18 Å². The van der Waals surface area contributed by atoms with Crippen molar-refractivity contribution < 1.29 is 28.6 Å². The van der Waals surface area contributed by atoms with E-state index in [1.54, 1.807) is 6.07 Å². The van der Waals surface area contributed by atoms with Gasteiger partial charge >= 0.3 is 5.97 Å². The average Bonchev–Trinajstić information content (AvgIpc) is 2.52. The average molecular weight is 311 g/mol. The Morgan fingerprint density at radius 2 is 2.27 bits per heavy atom. The molecule has 1 fully saturated rings. The molecule has 7 heteroatoms. The minimum absolute atomic E-state index is 0.00175. The summed E-state index contributed by atoms with van der Waals surface area (Å²) in [4.78, 5) is 24.6. The minimum Gasteiger partial charge on any atom is -0.494 e. The molecule has 0 bridgehead atoms. The Kier molecular flexibility index (Phi) is 5.32. The van der Waals surface area contributed by atoms with Crippen LogP contribution in [-0.4, -0.2) is 54.8 Å². The number of carbonyl (C=O) groups excluding carboxylic acids is 1. The summed E-state index contributed by atoms with van der Waals surface area (Å²) in [7, 11) is 1.38. The third-order valence-corrected chi connectivity index (χ3v) is 3.58. The molecule has 1 unspecified atom stereocenters. The number of nitrogens with zero attached hydrogens (tertiary/aromatic N) is 1. The predicted octanol–water partition coefficient (Wildman–Crippen LogP) is 1.08. The van der Waals surface area contributed by atoms with Gasteiger partial charge in [0.25, 0.3) is 0 Å². The number of hydrogen-bond donors (Lipinski definition) is 1. The first-order valence-corrected chi connectivity index (χ1v) is 6.95. The Morgan fingerprint density at radius 3 is 2.91 bits per heavy atom. The van der Waals surface area contributed by atoms with Gasteiger partial charge in [0.15, 0.2) is 17.6 Å². The number of aryl methyl sites for hydroxylation is 1.